The Hall–Kier alpha value is -3.54. The van der Waals surface area contributed by atoms with Gasteiger partial charge in [0.2, 0.25) is 0 Å². The second kappa shape index (κ2) is 8.71. The molecule has 0 saturated heterocycles. The van der Waals surface area contributed by atoms with E-state index in [1.54, 1.807) is 24.5 Å². The smallest absolute Gasteiger partial charge is 0.259 e. The van der Waals surface area contributed by atoms with Crippen molar-refractivity contribution in [3.05, 3.63) is 78.1 Å². The summed E-state index contributed by atoms with van der Waals surface area (Å²) < 4.78 is 16.6. The normalized spacial score (nSPS) is 10.1. The summed E-state index contributed by atoms with van der Waals surface area (Å²) in [5.74, 6) is 1.04. The number of aromatic nitrogens is 1. The third-order valence-corrected chi connectivity index (χ3v) is 3.91. The van der Waals surface area contributed by atoms with Crippen LogP contribution >= 0.6 is 0 Å². The molecular weight excluding hydrogens is 344 g/mol. The summed E-state index contributed by atoms with van der Waals surface area (Å²) in [6, 6.07) is 16.2. The molecule has 0 unspecified atom stereocenters. The molecule has 0 saturated carbocycles. The second-order valence-corrected chi connectivity index (χ2v) is 5.67. The van der Waals surface area contributed by atoms with E-state index in [0.717, 1.165) is 5.56 Å². The Balaban J connectivity index is 1.90. The van der Waals surface area contributed by atoms with Gasteiger partial charge in [0.05, 0.1) is 19.8 Å². The predicted molar refractivity (Wildman–Crippen MR) is 103 cm³/mol. The third kappa shape index (κ3) is 4.55. The van der Waals surface area contributed by atoms with Crippen molar-refractivity contribution >= 4 is 11.6 Å². The molecule has 0 aliphatic heterocycles. The van der Waals surface area contributed by atoms with Gasteiger partial charge in [-0.2, -0.15) is 0 Å². The number of para-hydroxylation sites is 1. The molecule has 27 heavy (non-hydrogen) atoms. The van der Waals surface area contributed by atoms with Crippen molar-refractivity contribution in [2.75, 3.05) is 19.5 Å². The topological polar surface area (TPSA) is 69.7 Å². The Labute approximate surface area is 157 Å². The van der Waals surface area contributed by atoms with Gasteiger partial charge < -0.3 is 19.5 Å². The van der Waals surface area contributed by atoms with Gasteiger partial charge in [-0.15, -0.1) is 0 Å². The quantitative estimate of drug-likeness (QED) is 0.688. The number of ether oxygens (including phenoxy) is 3. The van der Waals surface area contributed by atoms with Gasteiger partial charge in [-0.05, 0) is 29.8 Å². The Kier molecular flexibility index (Phi) is 5.89. The highest BCUT2D eigenvalue weighted by Crippen LogP contribution is 2.35. The minimum atomic E-state index is -0.299. The van der Waals surface area contributed by atoms with Crippen LogP contribution in [0.3, 0.4) is 0 Å². The molecule has 2 aromatic carbocycles. The Morgan fingerprint density at radius 3 is 2.26 bits per heavy atom. The molecule has 1 N–H and O–H groups in total. The number of nitrogens with one attached hydrogen (secondary N) is 1. The van der Waals surface area contributed by atoms with Crippen molar-refractivity contribution in [3.63, 3.8) is 0 Å². The maximum atomic E-state index is 12.8. The van der Waals surface area contributed by atoms with Crippen LogP contribution in [0.2, 0.25) is 0 Å². The van der Waals surface area contributed by atoms with E-state index < -0.39 is 0 Å². The summed E-state index contributed by atoms with van der Waals surface area (Å²) in [6.45, 7) is 0.295. The number of hydrogen-bond acceptors (Lipinski definition) is 5. The van der Waals surface area contributed by atoms with Crippen molar-refractivity contribution in [1.82, 2.24) is 4.98 Å². The summed E-state index contributed by atoms with van der Waals surface area (Å²) in [6.07, 6.45) is 3.38. The number of anilines is 1. The van der Waals surface area contributed by atoms with E-state index in [1.165, 1.54) is 14.2 Å². The highest BCUT2D eigenvalue weighted by atomic mass is 16.5. The molecule has 0 aliphatic rings. The average Bonchev–Trinajstić information content (AvgIpc) is 2.73. The number of benzene rings is 2. The number of methoxy groups -OCH3 is 2. The Bertz CT molecular complexity index is 899. The summed E-state index contributed by atoms with van der Waals surface area (Å²) in [7, 11) is 3.06. The van der Waals surface area contributed by atoms with Crippen LogP contribution in [0, 0.1) is 0 Å². The molecule has 0 spiro atoms. The number of carbonyl (C=O) groups excluding carboxylic acids is 1. The first-order chi connectivity index (χ1) is 13.2. The number of carbonyl (C=O) groups is 1. The van der Waals surface area contributed by atoms with Gasteiger partial charge in [0.25, 0.3) is 5.91 Å². The zero-order valence-electron chi connectivity index (χ0n) is 15.1. The van der Waals surface area contributed by atoms with Crippen molar-refractivity contribution in [1.29, 1.82) is 0 Å². The van der Waals surface area contributed by atoms with Crippen LogP contribution in [-0.4, -0.2) is 25.1 Å². The average molecular weight is 364 g/mol. The molecular formula is C21H20N2O4. The van der Waals surface area contributed by atoms with Crippen molar-refractivity contribution in [2.24, 2.45) is 0 Å². The maximum absolute atomic E-state index is 12.8. The molecule has 6 heteroatoms. The Morgan fingerprint density at radius 2 is 1.59 bits per heavy atom. The summed E-state index contributed by atoms with van der Waals surface area (Å²) in [5.41, 5.74) is 1.98. The van der Waals surface area contributed by atoms with E-state index in [9.17, 15) is 4.79 Å². The number of hydrogen-bond donors (Lipinski definition) is 1. The SMILES string of the molecule is COc1cc(OCc2ccncc2)c(C(=O)Nc2ccccc2)cc1OC. The van der Waals surface area contributed by atoms with Crippen LogP contribution in [-0.2, 0) is 6.61 Å². The van der Waals surface area contributed by atoms with Gasteiger partial charge in [-0.25, -0.2) is 0 Å². The van der Waals surface area contributed by atoms with E-state index in [0.29, 0.717) is 35.1 Å². The van der Waals surface area contributed by atoms with Crippen LogP contribution in [0.15, 0.2) is 67.0 Å². The largest absolute Gasteiger partial charge is 0.493 e. The first kappa shape index (κ1) is 18.3. The fourth-order valence-electron chi connectivity index (χ4n) is 2.52. The molecule has 138 valence electrons. The number of nitrogens with zero attached hydrogens (tertiary/aromatic N) is 1. The first-order valence-corrected chi connectivity index (χ1v) is 8.35. The van der Waals surface area contributed by atoms with E-state index in [1.807, 2.05) is 42.5 Å². The summed E-state index contributed by atoms with van der Waals surface area (Å²) in [4.78, 5) is 16.8. The van der Waals surface area contributed by atoms with Gasteiger partial charge in [-0.1, -0.05) is 18.2 Å². The van der Waals surface area contributed by atoms with Crippen LogP contribution in [0.25, 0.3) is 0 Å². The zero-order valence-corrected chi connectivity index (χ0v) is 15.1. The van der Waals surface area contributed by atoms with E-state index in [4.69, 9.17) is 14.2 Å². The van der Waals surface area contributed by atoms with Crippen molar-refractivity contribution < 1.29 is 19.0 Å². The van der Waals surface area contributed by atoms with Gasteiger partial charge in [0.1, 0.15) is 12.4 Å². The van der Waals surface area contributed by atoms with E-state index >= 15 is 0 Å². The van der Waals surface area contributed by atoms with E-state index in [2.05, 4.69) is 10.3 Å². The summed E-state index contributed by atoms with van der Waals surface area (Å²) in [5, 5.41) is 2.86. The van der Waals surface area contributed by atoms with Gasteiger partial charge in [0.15, 0.2) is 11.5 Å². The van der Waals surface area contributed by atoms with Gasteiger partial charge in [0, 0.05) is 30.2 Å². The zero-order chi connectivity index (χ0) is 19.1. The fourth-order valence-corrected chi connectivity index (χ4v) is 2.52. The lowest BCUT2D eigenvalue weighted by Crippen LogP contribution is -2.14. The highest BCUT2D eigenvalue weighted by molar-refractivity contribution is 6.06. The number of pyridine rings is 1. The van der Waals surface area contributed by atoms with Crippen LogP contribution in [0.1, 0.15) is 15.9 Å². The van der Waals surface area contributed by atoms with Crippen molar-refractivity contribution in [2.45, 2.75) is 6.61 Å². The second-order valence-electron chi connectivity index (χ2n) is 5.67. The molecule has 0 fully saturated rings. The monoisotopic (exact) mass is 364 g/mol. The molecule has 0 aliphatic carbocycles. The maximum Gasteiger partial charge on any atom is 0.259 e. The van der Waals surface area contributed by atoms with Crippen LogP contribution in [0.4, 0.5) is 5.69 Å². The highest BCUT2D eigenvalue weighted by Gasteiger charge is 2.18. The molecule has 3 rings (SSSR count). The number of amides is 1. The molecule has 0 radical (unpaired) electrons. The molecule has 0 atom stereocenters. The molecule has 3 aromatic rings. The van der Waals surface area contributed by atoms with Crippen LogP contribution < -0.4 is 19.5 Å². The molecule has 1 aromatic heterocycles. The molecule has 0 bridgehead atoms. The van der Waals surface area contributed by atoms with E-state index in [-0.39, 0.29) is 5.91 Å². The van der Waals surface area contributed by atoms with Crippen molar-refractivity contribution in [3.8, 4) is 17.2 Å². The van der Waals surface area contributed by atoms with Gasteiger partial charge in [-0.3, -0.25) is 9.78 Å². The Morgan fingerprint density at radius 1 is 0.926 bits per heavy atom. The molecule has 1 amide bonds. The molecule has 6 nitrogen and oxygen atoms in total. The lowest BCUT2D eigenvalue weighted by molar-refractivity contribution is 0.102. The lowest BCUT2D eigenvalue weighted by atomic mass is 10.1. The minimum Gasteiger partial charge on any atom is -0.493 e. The number of rotatable bonds is 7. The minimum absolute atomic E-state index is 0.295. The lowest BCUT2D eigenvalue weighted by Gasteiger charge is -2.16. The summed E-state index contributed by atoms with van der Waals surface area (Å²) >= 11 is 0. The fraction of sp³-hybridized carbons (Fsp3) is 0.143. The van der Waals surface area contributed by atoms with Gasteiger partial charge >= 0.3 is 0 Å². The molecule has 1 heterocycles. The van der Waals surface area contributed by atoms with Crippen LogP contribution in [0.5, 0.6) is 17.2 Å². The first-order valence-electron chi connectivity index (χ1n) is 8.35. The standard InChI is InChI=1S/C21H20N2O4/c1-25-19-12-17(21(24)23-16-6-4-3-5-7-16)18(13-20(19)26-2)27-14-15-8-10-22-11-9-15/h3-13H,14H2,1-2H3,(H,23,24). The third-order valence-electron chi connectivity index (χ3n) is 3.91. The predicted octanol–water partition coefficient (Wildman–Crippen LogP) is 3.93.